The van der Waals surface area contributed by atoms with Gasteiger partial charge >= 0.3 is 0 Å². The number of aliphatic imine (C=N–C) groups is 1. The number of halogens is 2. The van der Waals surface area contributed by atoms with Crippen LogP contribution in [0, 0.1) is 12.7 Å². The molecule has 0 spiro atoms. The fraction of sp³-hybridized carbons (Fsp3) is 0.350. The average molecular weight is 519 g/mol. The van der Waals surface area contributed by atoms with Gasteiger partial charge in [-0.3, -0.25) is 4.99 Å². The van der Waals surface area contributed by atoms with Gasteiger partial charge in [-0.2, -0.15) is 0 Å². The molecule has 2 rings (SSSR count). The molecule has 0 aromatic heterocycles. The highest BCUT2D eigenvalue weighted by Gasteiger charge is 2.11. The minimum Gasteiger partial charge on any atom is -0.356 e. The molecule has 0 amide bonds. The minimum absolute atomic E-state index is 0. The predicted octanol–water partition coefficient (Wildman–Crippen LogP) is 3.20. The van der Waals surface area contributed by atoms with E-state index in [-0.39, 0.29) is 36.3 Å². The Balaban J connectivity index is 0.00000392. The van der Waals surface area contributed by atoms with Crippen molar-refractivity contribution in [3.05, 3.63) is 70.5 Å². The van der Waals surface area contributed by atoms with Gasteiger partial charge in [-0.1, -0.05) is 35.9 Å². The highest BCUT2D eigenvalue weighted by Crippen LogP contribution is 2.14. The third-order valence-electron chi connectivity index (χ3n) is 4.04. The van der Waals surface area contributed by atoms with Crippen molar-refractivity contribution < 1.29 is 12.8 Å². The van der Waals surface area contributed by atoms with Crippen molar-refractivity contribution in [1.29, 1.82) is 0 Å². The molecule has 28 heavy (non-hydrogen) atoms. The number of guanidine groups is 1. The van der Waals surface area contributed by atoms with Crippen molar-refractivity contribution in [2.75, 3.05) is 19.8 Å². The first-order valence-electron chi connectivity index (χ1n) is 8.72. The Labute approximate surface area is 183 Å². The number of nitrogens with zero attached hydrogens (tertiary/aromatic N) is 1. The van der Waals surface area contributed by atoms with Gasteiger partial charge in [0.1, 0.15) is 5.82 Å². The highest BCUT2D eigenvalue weighted by atomic mass is 127. The van der Waals surface area contributed by atoms with Crippen molar-refractivity contribution in [2.45, 2.75) is 25.6 Å². The van der Waals surface area contributed by atoms with Crippen LogP contribution in [0.3, 0.4) is 0 Å². The van der Waals surface area contributed by atoms with Crippen molar-refractivity contribution in [2.24, 2.45) is 4.99 Å². The second-order valence-corrected chi connectivity index (χ2v) is 8.71. The van der Waals surface area contributed by atoms with E-state index in [2.05, 4.69) is 40.7 Å². The molecule has 0 radical (unpaired) electrons. The molecule has 0 saturated carbocycles. The molecule has 154 valence electrons. The molecular formula is C20H27FIN3O2S. The molecule has 2 aromatic carbocycles. The lowest BCUT2D eigenvalue weighted by Gasteiger charge is -2.14. The first kappa shape index (κ1) is 24.4. The van der Waals surface area contributed by atoms with Gasteiger partial charge in [-0.25, -0.2) is 12.8 Å². The van der Waals surface area contributed by atoms with Crippen LogP contribution < -0.4 is 10.6 Å². The Kier molecular flexibility index (Phi) is 9.88. The molecule has 0 aliphatic heterocycles. The number of benzene rings is 2. The molecule has 5 nitrogen and oxygen atoms in total. The summed E-state index contributed by atoms with van der Waals surface area (Å²) in [6.45, 7) is 3.04. The summed E-state index contributed by atoms with van der Waals surface area (Å²) in [7, 11) is -1.54. The van der Waals surface area contributed by atoms with Crippen LogP contribution in [0.4, 0.5) is 4.39 Å². The van der Waals surface area contributed by atoms with Crippen molar-refractivity contribution in [3.8, 4) is 0 Å². The van der Waals surface area contributed by atoms with Crippen LogP contribution in [-0.4, -0.2) is 34.2 Å². The van der Waals surface area contributed by atoms with Gasteiger partial charge in [-0.15, -0.1) is 24.0 Å². The number of aryl methyl sites for hydroxylation is 1. The predicted molar refractivity (Wildman–Crippen MR) is 123 cm³/mol. The molecule has 8 heteroatoms. The van der Waals surface area contributed by atoms with Gasteiger partial charge < -0.3 is 10.6 Å². The van der Waals surface area contributed by atoms with Crippen molar-refractivity contribution in [1.82, 2.24) is 10.6 Å². The van der Waals surface area contributed by atoms with E-state index < -0.39 is 15.7 Å². The van der Waals surface area contributed by atoms with Gasteiger partial charge in [0.2, 0.25) is 0 Å². The topological polar surface area (TPSA) is 70.6 Å². The Hall–Kier alpha value is -1.68. The summed E-state index contributed by atoms with van der Waals surface area (Å²) in [6, 6.07) is 12.5. The van der Waals surface area contributed by atoms with Gasteiger partial charge in [0.25, 0.3) is 0 Å². The Morgan fingerprint density at radius 1 is 1.11 bits per heavy atom. The quantitative estimate of drug-likeness (QED) is 0.335. The van der Waals surface area contributed by atoms with Crippen LogP contribution in [-0.2, 0) is 28.6 Å². The van der Waals surface area contributed by atoms with Crippen LogP contribution in [0.15, 0.2) is 47.5 Å². The van der Waals surface area contributed by atoms with Crippen molar-refractivity contribution >= 4 is 39.8 Å². The monoisotopic (exact) mass is 519 g/mol. The summed E-state index contributed by atoms with van der Waals surface area (Å²) in [6.07, 6.45) is 2.01. The molecule has 0 bridgehead atoms. The molecule has 0 unspecified atom stereocenters. The van der Waals surface area contributed by atoms with Gasteiger partial charge in [0, 0.05) is 26.4 Å². The summed E-state index contributed by atoms with van der Waals surface area (Å²) < 4.78 is 36.7. The van der Waals surface area contributed by atoms with Gasteiger partial charge in [-0.05, 0) is 42.2 Å². The SMILES string of the molecule is CN=C(NCCc1cccc(C)c1)NCc1cc(F)ccc1CS(C)(=O)=O.I. The van der Waals surface area contributed by atoms with E-state index in [0.29, 0.717) is 23.6 Å². The lowest BCUT2D eigenvalue weighted by atomic mass is 10.1. The normalized spacial score (nSPS) is 11.6. The molecule has 0 aliphatic carbocycles. The number of hydrogen-bond donors (Lipinski definition) is 2. The zero-order valence-electron chi connectivity index (χ0n) is 16.3. The largest absolute Gasteiger partial charge is 0.356 e. The first-order chi connectivity index (χ1) is 12.8. The Morgan fingerprint density at radius 3 is 2.50 bits per heavy atom. The second kappa shape index (κ2) is 11.4. The van der Waals surface area contributed by atoms with E-state index in [9.17, 15) is 12.8 Å². The zero-order chi connectivity index (χ0) is 19.9. The van der Waals surface area contributed by atoms with E-state index in [0.717, 1.165) is 6.42 Å². The van der Waals surface area contributed by atoms with Crippen LogP contribution in [0.2, 0.25) is 0 Å². The van der Waals surface area contributed by atoms with Gasteiger partial charge in [0.05, 0.1) is 5.75 Å². The number of rotatable bonds is 7. The number of nitrogens with one attached hydrogen (secondary N) is 2. The molecule has 2 aromatic rings. The highest BCUT2D eigenvalue weighted by molar-refractivity contribution is 14.0. The molecular weight excluding hydrogens is 492 g/mol. The lowest BCUT2D eigenvalue weighted by molar-refractivity contribution is 0.599. The summed E-state index contributed by atoms with van der Waals surface area (Å²) in [5.74, 6) is 0.0626. The van der Waals surface area contributed by atoms with Crippen LogP contribution in [0.1, 0.15) is 22.3 Å². The molecule has 0 heterocycles. The molecule has 0 atom stereocenters. The maximum Gasteiger partial charge on any atom is 0.191 e. The molecule has 0 saturated heterocycles. The summed E-state index contributed by atoms with van der Waals surface area (Å²) in [4.78, 5) is 4.16. The second-order valence-electron chi connectivity index (χ2n) is 6.57. The smallest absolute Gasteiger partial charge is 0.191 e. The fourth-order valence-electron chi connectivity index (χ4n) is 2.77. The van der Waals surface area contributed by atoms with E-state index in [4.69, 9.17) is 0 Å². The van der Waals surface area contributed by atoms with Crippen LogP contribution in [0.5, 0.6) is 0 Å². The fourth-order valence-corrected chi connectivity index (χ4v) is 3.62. The summed E-state index contributed by atoms with van der Waals surface area (Å²) in [5.41, 5.74) is 3.64. The van der Waals surface area contributed by atoms with Crippen molar-refractivity contribution in [3.63, 3.8) is 0 Å². The lowest BCUT2D eigenvalue weighted by Crippen LogP contribution is -2.38. The molecule has 0 aliphatic rings. The maximum atomic E-state index is 13.6. The maximum absolute atomic E-state index is 13.6. The standard InChI is InChI=1S/C20H26FN3O2S.HI/c1-15-5-4-6-16(11-15)9-10-23-20(22-2)24-13-18-12-19(21)8-7-17(18)14-27(3,25)26;/h4-8,11-12H,9-10,13-14H2,1-3H3,(H2,22,23,24);1H. The minimum atomic E-state index is -3.20. The first-order valence-corrected chi connectivity index (χ1v) is 10.8. The van der Waals surface area contributed by atoms with Crippen LogP contribution in [0.25, 0.3) is 0 Å². The molecule has 0 fully saturated rings. The van der Waals surface area contributed by atoms with E-state index in [1.807, 2.05) is 6.07 Å². The third kappa shape index (κ3) is 8.55. The van der Waals surface area contributed by atoms with E-state index in [1.165, 1.54) is 35.6 Å². The molecule has 2 N–H and O–H groups in total. The van der Waals surface area contributed by atoms with Crippen LogP contribution >= 0.6 is 24.0 Å². The van der Waals surface area contributed by atoms with E-state index >= 15 is 0 Å². The Bertz CT molecular complexity index is 917. The number of hydrogen-bond acceptors (Lipinski definition) is 3. The Morgan fingerprint density at radius 2 is 1.86 bits per heavy atom. The summed E-state index contributed by atoms with van der Waals surface area (Å²) >= 11 is 0. The third-order valence-corrected chi connectivity index (χ3v) is 4.88. The zero-order valence-corrected chi connectivity index (χ0v) is 19.5. The number of sulfone groups is 1. The summed E-state index contributed by atoms with van der Waals surface area (Å²) in [5, 5.41) is 6.33. The average Bonchev–Trinajstić information content (AvgIpc) is 2.59. The van der Waals surface area contributed by atoms with E-state index in [1.54, 1.807) is 7.05 Å². The van der Waals surface area contributed by atoms with Gasteiger partial charge in [0.15, 0.2) is 15.8 Å².